The van der Waals surface area contributed by atoms with Crippen molar-refractivity contribution in [2.75, 3.05) is 27.9 Å². The predicted molar refractivity (Wildman–Crippen MR) is 156 cm³/mol. The number of methoxy groups -OCH3 is 3. The third kappa shape index (κ3) is 5.85. The van der Waals surface area contributed by atoms with Crippen molar-refractivity contribution in [3.05, 3.63) is 112 Å². The fourth-order valence-corrected chi connectivity index (χ4v) is 5.77. The van der Waals surface area contributed by atoms with Crippen LogP contribution in [0.1, 0.15) is 48.3 Å². The summed E-state index contributed by atoms with van der Waals surface area (Å²) in [6.45, 7) is 2.09. The van der Waals surface area contributed by atoms with Gasteiger partial charge in [-0.25, -0.2) is 4.79 Å². The van der Waals surface area contributed by atoms with Crippen LogP contribution in [0, 0.1) is 0 Å². The minimum Gasteiger partial charge on any atom is -0.497 e. The summed E-state index contributed by atoms with van der Waals surface area (Å²) < 4.78 is 22.3. The Morgan fingerprint density at radius 3 is 2.27 bits per heavy atom. The molecule has 0 saturated heterocycles. The number of allylic oxidation sites excluding steroid dienone is 3. The molecule has 2 atom stereocenters. The molecule has 0 fully saturated rings. The third-order valence-corrected chi connectivity index (χ3v) is 7.85. The zero-order chi connectivity index (χ0) is 28.9. The minimum absolute atomic E-state index is 0.00485. The lowest BCUT2D eigenvalue weighted by atomic mass is 9.71. The number of benzene rings is 3. The van der Waals surface area contributed by atoms with Crippen LogP contribution in [0.4, 0.5) is 0 Å². The molecule has 1 aliphatic heterocycles. The van der Waals surface area contributed by atoms with Gasteiger partial charge in [0.25, 0.3) is 0 Å². The first kappa shape index (κ1) is 28.0. The predicted octanol–water partition coefficient (Wildman–Crippen LogP) is 5.86. The normalized spacial score (nSPS) is 18.4. The maximum absolute atomic E-state index is 14.0. The molecule has 0 saturated carbocycles. The van der Waals surface area contributed by atoms with Gasteiger partial charge in [-0.1, -0.05) is 48.5 Å². The first-order valence-electron chi connectivity index (χ1n) is 13.7. The number of esters is 1. The van der Waals surface area contributed by atoms with Gasteiger partial charge in [-0.05, 0) is 48.6 Å². The second-order valence-corrected chi connectivity index (χ2v) is 10.3. The van der Waals surface area contributed by atoms with Gasteiger partial charge in [-0.15, -0.1) is 0 Å². The van der Waals surface area contributed by atoms with E-state index >= 15 is 0 Å². The third-order valence-electron chi connectivity index (χ3n) is 7.85. The monoisotopic (exact) mass is 553 g/mol. The first-order chi connectivity index (χ1) is 19.9. The molecule has 2 aliphatic rings. The molecule has 5 rings (SSSR count). The van der Waals surface area contributed by atoms with Crippen LogP contribution >= 0.6 is 0 Å². The summed E-state index contributed by atoms with van der Waals surface area (Å²) in [4.78, 5) is 27.7. The molecular formula is C34H35NO6. The van der Waals surface area contributed by atoms with Crippen LogP contribution in [-0.2, 0) is 20.7 Å². The smallest absolute Gasteiger partial charge is 0.336 e. The number of carbonyl (C=O) groups is 2. The maximum atomic E-state index is 14.0. The first-order valence-corrected chi connectivity index (χ1v) is 13.7. The minimum atomic E-state index is -0.638. The van der Waals surface area contributed by atoms with Gasteiger partial charge in [0.15, 0.2) is 5.78 Å². The van der Waals surface area contributed by atoms with E-state index in [1.54, 1.807) is 27.4 Å². The summed E-state index contributed by atoms with van der Waals surface area (Å²) in [6.07, 6.45) is 1.56. The van der Waals surface area contributed by atoms with Crippen molar-refractivity contribution < 1.29 is 28.5 Å². The van der Waals surface area contributed by atoms with Gasteiger partial charge in [0.1, 0.15) is 17.2 Å². The van der Waals surface area contributed by atoms with Crippen LogP contribution in [0.5, 0.6) is 17.2 Å². The lowest BCUT2D eigenvalue weighted by Crippen LogP contribution is -2.36. The van der Waals surface area contributed by atoms with Crippen molar-refractivity contribution in [2.45, 2.75) is 38.0 Å². The average molecular weight is 554 g/mol. The quantitative estimate of drug-likeness (QED) is 0.332. The summed E-state index contributed by atoms with van der Waals surface area (Å²) in [5.74, 6) is 0.833. The maximum Gasteiger partial charge on any atom is 0.336 e. The molecule has 0 amide bonds. The van der Waals surface area contributed by atoms with E-state index in [-0.39, 0.29) is 18.3 Å². The molecule has 0 unspecified atom stereocenters. The lowest BCUT2D eigenvalue weighted by molar-refractivity contribution is -0.139. The van der Waals surface area contributed by atoms with Gasteiger partial charge in [-0.3, -0.25) is 4.79 Å². The topological polar surface area (TPSA) is 83.1 Å². The Balaban J connectivity index is 1.51. The Labute approximate surface area is 240 Å². The van der Waals surface area contributed by atoms with E-state index in [9.17, 15) is 9.59 Å². The summed E-state index contributed by atoms with van der Waals surface area (Å²) in [5, 5.41) is 3.42. The molecule has 0 radical (unpaired) electrons. The molecule has 41 heavy (non-hydrogen) atoms. The average Bonchev–Trinajstić information content (AvgIpc) is 3.00. The Morgan fingerprint density at radius 1 is 0.878 bits per heavy atom. The van der Waals surface area contributed by atoms with Crippen LogP contribution in [0.15, 0.2) is 95.3 Å². The highest BCUT2D eigenvalue weighted by Gasteiger charge is 2.42. The number of ketones is 1. The molecule has 0 bridgehead atoms. The number of carbonyl (C=O) groups excluding carboxylic acids is 2. The number of hydrogen-bond donors (Lipinski definition) is 1. The number of Topliss-reactive ketones (excluding diaryl/α,β-unsaturated/α-hetero) is 1. The molecule has 0 spiro atoms. The zero-order valence-corrected chi connectivity index (χ0v) is 23.9. The van der Waals surface area contributed by atoms with Crippen LogP contribution in [0.3, 0.4) is 0 Å². The van der Waals surface area contributed by atoms with E-state index in [2.05, 4.69) is 5.32 Å². The summed E-state index contributed by atoms with van der Waals surface area (Å²) in [6, 6.07) is 23.2. The number of dihydropyridines is 1. The van der Waals surface area contributed by atoms with Gasteiger partial charge in [0.2, 0.25) is 0 Å². The van der Waals surface area contributed by atoms with Gasteiger partial charge in [-0.2, -0.15) is 0 Å². The van der Waals surface area contributed by atoms with E-state index in [1.165, 1.54) is 0 Å². The van der Waals surface area contributed by atoms with Crippen molar-refractivity contribution in [3.63, 3.8) is 0 Å². The molecule has 0 aromatic heterocycles. The number of nitrogens with one attached hydrogen (secondary N) is 1. The van der Waals surface area contributed by atoms with Crippen molar-refractivity contribution in [1.29, 1.82) is 0 Å². The zero-order valence-electron chi connectivity index (χ0n) is 23.9. The van der Waals surface area contributed by atoms with Crippen molar-refractivity contribution in [2.24, 2.45) is 0 Å². The Morgan fingerprint density at radius 2 is 1.59 bits per heavy atom. The molecule has 212 valence electrons. The van der Waals surface area contributed by atoms with Crippen LogP contribution in [0.2, 0.25) is 0 Å². The SMILES string of the molecule is COc1ccc([C@H]2CC(=O)C3=C(C2)NC(C)=C(C(=O)OCCc2ccccc2)[C@H]3c2ccc(OC)cc2OC)cc1. The van der Waals surface area contributed by atoms with Crippen LogP contribution < -0.4 is 19.5 Å². The van der Waals surface area contributed by atoms with E-state index < -0.39 is 11.9 Å². The van der Waals surface area contributed by atoms with Crippen molar-refractivity contribution in [1.82, 2.24) is 5.32 Å². The fourth-order valence-electron chi connectivity index (χ4n) is 5.77. The second kappa shape index (κ2) is 12.3. The molecule has 7 nitrogen and oxygen atoms in total. The largest absolute Gasteiger partial charge is 0.497 e. The summed E-state index contributed by atoms with van der Waals surface area (Å²) in [7, 11) is 4.80. The molecule has 7 heteroatoms. The van der Waals surface area contributed by atoms with E-state index in [0.717, 1.165) is 22.6 Å². The van der Waals surface area contributed by atoms with Gasteiger partial charge in [0, 0.05) is 41.4 Å². The Kier molecular flexibility index (Phi) is 8.43. The number of hydrogen-bond acceptors (Lipinski definition) is 7. The highest BCUT2D eigenvalue weighted by Crippen LogP contribution is 2.48. The Bertz CT molecular complexity index is 1490. The molecule has 1 heterocycles. The van der Waals surface area contributed by atoms with Crippen LogP contribution in [0.25, 0.3) is 0 Å². The molecule has 1 aliphatic carbocycles. The second-order valence-electron chi connectivity index (χ2n) is 10.3. The summed E-state index contributed by atoms with van der Waals surface area (Å²) in [5.41, 5.74) is 5.35. The standard InChI is InChI=1S/C34H35NO6/c1-21-31(34(37)41-17-16-22-8-6-5-7-9-22)32(27-15-14-26(39-3)20-30(27)40-4)33-28(35-21)18-24(19-29(33)36)23-10-12-25(38-2)13-11-23/h5-15,20,24,32,35H,16-19H2,1-4H3/t24-,32-/m1/s1. The molecule has 3 aromatic rings. The van der Waals surface area contributed by atoms with E-state index in [1.807, 2.05) is 73.7 Å². The molecule has 1 N–H and O–H groups in total. The van der Waals surface area contributed by atoms with Gasteiger partial charge in [0.05, 0.1) is 39.4 Å². The Hall–Kier alpha value is -4.52. The van der Waals surface area contributed by atoms with Crippen molar-refractivity contribution in [3.8, 4) is 17.2 Å². The molecular weight excluding hydrogens is 518 g/mol. The van der Waals surface area contributed by atoms with E-state index in [0.29, 0.717) is 53.2 Å². The highest BCUT2D eigenvalue weighted by molar-refractivity contribution is 6.04. The number of rotatable bonds is 9. The van der Waals surface area contributed by atoms with Crippen LogP contribution in [-0.4, -0.2) is 39.7 Å². The fraction of sp³-hybridized carbons (Fsp3) is 0.294. The van der Waals surface area contributed by atoms with E-state index in [4.69, 9.17) is 18.9 Å². The summed E-state index contributed by atoms with van der Waals surface area (Å²) >= 11 is 0. The molecule has 3 aromatic carbocycles. The van der Waals surface area contributed by atoms with Gasteiger partial charge >= 0.3 is 5.97 Å². The lowest BCUT2D eigenvalue weighted by Gasteiger charge is -2.37. The van der Waals surface area contributed by atoms with Gasteiger partial charge < -0.3 is 24.3 Å². The van der Waals surface area contributed by atoms with Crippen molar-refractivity contribution >= 4 is 11.8 Å². The number of ether oxygens (including phenoxy) is 4. The highest BCUT2D eigenvalue weighted by atomic mass is 16.5.